The summed E-state index contributed by atoms with van der Waals surface area (Å²) in [5.74, 6) is 0.832. The quantitative estimate of drug-likeness (QED) is 0.747. The van der Waals surface area contributed by atoms with Crippen LogP contribution in [0.4, 0.5) is 0 Å². The summed E-state index contributed by atoms with van der Waals surface area (Å²) in [5.41, 5.74) is 0. The summed E-state index contributed by atoms with van der Waals surface area (Å²) in [5, 5.41) is 0. The van der Waals surface area contributed by atoms with Gasteiger partial charge in [0.25, 0.3) is 0 Å². The summed E-state index contributed by atoms with van der Waals surface area (Å²) in [6.45, 7) is 6.38. The number of rotatable bonds is 6. The molecule has 0 amide bonds. The molecule has 2 fully saturated rings. The van der Waals surface area contributed by atoms with Crippen molar-refractivity contribution in [3.05, 3.63) is 24.5 Å². The molecule has 1 aromatic heterocycles. The molecule has 5 nitrogen and oxygen atoms in total. The van der Waals surface area contributed by atoms with E-state index >= 15 is 0 Å². The molecule has 2 heterocycles. The largest absolute Gasteiger partial charge is 0.486 e. The van der Waals surface area contributed by atoms with E-state index in [2.05, 4.69) is 9.88 Å². The number of nitrogens with zero attached hydrogens (tertiary/aromatic N) is 2. The molecule has 0 spiro atoms. The van der Waals surface area contributed by atoms with Crippen LogP contribution in [0.2, 0.25) is 0 Å². The van der Waals surface area contributed by atoms with Crippen molar-refractivity contribution in [2.45, 2.75) is 38.0 Å². The van der Waals surface area contributed by atoms with E-state index in [0.29, 0.717) is 6.04 Å². The molecule has 21 heavy (non-hydrogen) atoms. The number of pyridine rings is 1. The van der Waals surface area contributed by atoms with E-state index in [-0.39, 0.29) is 12.2 Å². The third-order valence-corrected chi connectivity index (χ3v) is 4.30. The molecule has 3 rings (SSSR count). The van der Waals surface area contributed by atoms with E-state index < -0.39 is 0 Å². The molecule has 1 saturated carbocycles. The Balaban J connectivity index is 1.58. The zero-order chi connectivity index (χ0) is 14.5. The number of hydrogen-bond donors (Lipinski definition) is 0. The Bertz CT molecular complexity index is 429. The Labute approximate surface area is 126 Å². The summed E-state index contributed by atoms with van der Waals surface area (Å²) in [6, 6.07) is 4.31. The zero-order valence-corrected chi connectivity index (χ0v) is 12.6. The minimum atomic E-state index is 0.133. The van der Waals surface area contributed by atoms with Crippen LogP contribution in [0.25, 0.3) is 0 Å². The van der Waals surface area contributed by atoms with Crippen LogP contribution in [0, 0.1) is 0 Å². The highest BCUT2D eigenvalue weighted by Crippen LogP contribution is 2.32. The lowest BCUT2D eigenvalue weighted by atomic mass is 10.1. The first-order valence-electron chi connectivity index (χ1n) is 7.88. The molecule has 0 N–H and O–H groups in total. The lowest BCUT2D eigenvalue weighted by Gasteiger charge is -2.38. The molecular weight excluding hydrogens is 268 g/mol. The van der Waals surface area contributed by atoms with Crippen molar-refractivity contribution >= 4 is 0 Å². The lowest BCUT2D eigenvalue weighted by molar-refractivity contribution is -0.0932. The van der Waals surface area contributed by atoms with Crippen LogP contribution >= 0.6 is 0 Å². The summed E-state index contributed by atoms with van der Waals surface area (Å²) in [6.07, 6.45) is 5.99. The first-order chi connectivity index (χ1) is 10.4. The first-order valence-corrected chi connectivity index (χ1v) is 7.88. The van der Waals surface area contributed by atoms with Crippen molar-refractivity contribution in [1.82, 2.24) is 9.88 Å². The zero-order valence-electron chi connectivity index (χ0n) is 12.6. The predicted molar refractivity (Wildman–Crippen MR) is 79.5 cm³/mol. The molecular formula is C16H24N2O3. The van der Waals surface area contributed by atoms with Crippen molar-refractivity contribution < 1.29 is 14.2 Å². The molecule has 1 aliphatic carbocycles. The monoisotopic (exact) mass is 292 g/mol. The van der Waals surface area contributed by atoms with Crippen LogP contribution in [-0.2, 0) is 9.47 Å². The van der Waals surface area contributed by atoms with E-state index in [1.807, 2.05) is 19.1 Å². The predicted octanol–water partition coefficient (Wildman–Crippen LogP) is 1.73. The molecule has 0 aromatic carbocycles. The fourth-order valence-corrected chi connectivity index (χ4v) is 3.31. The minimum Gasteiger partial charge on any atom is -0.486 e. The van der Waals surface area contributed by atoms with Gasteiger partial charge in [0.2, 0.25) is 0 Å². The maximum absolute atomic E-state index is 6.07. The molecule has 2 aliphatic rings. The van der Waals surface area contributed by atoms with Gasteiger partial charge in [-0.3, -0.25) is 9.88 Å². The summed E-state index contributed by atoms with van der Waals surface area (Å²) in [7, 11) is 0. The van der Waals surface area contributed by atoms with E-state index in [1.165, 1.54) is 0 Å². The fraction of sp³-hybridized carbons (Fsp3) is 0.688. The van der Waals surface area contributed by atoms with Gasteiger partial charge in [0.15, 0.2) is 0 Å². The Hall–Kier alpha value is -1.17. The summed E-state index contributed by atoms with van der Waals surface area (Å²) in [4.78, 5) is 6.60. The second-order valence-electron chi connectivity index (χ2n) is 5.56. The molecule has 0 bridgehead atoms. The van der Waals surface area contributed by atoms with E-state index in [0.717, 1.165) is 51.5 Å². The van der Waals surface area contributed by atoms with Crippen LogP contribution in [0.5, 0.6) is 5.75 Å². The van der Waals surface area contributed by atoms with Gasteiger partial charge >= 0.3 is 0 Å². The van der Waals surface area contributed by atoms with Gasteiger partial charge < -0.3 is 14.2 Å². The van der Waals surface area contributed by atoms with Crippen molar-refractivity contribution in [1.29, 1.82) is 0 Å². The van der Waals surface area contributed by atoms with Crippen LogP contribution in [-0.4, -0.2) is 61.0 Å². The Morgan fingerprint density at radius 2 is 2.38 bits per heavy atom. The Morgan fingerprint density at radius 3 is 3.19 bits per heavy atom. The van der Waals surface area contributed by atoms with E-state index in [1.54, 1.807) is 12.4 Å². The van der Waals surface area contributed by atoms with E-state index in [4.69, 9.17) is 14.2 Å². The van der Waals surface area contributed by atoms with Crippen molar-refractivity contribution in [3.63, 3.8) is 0 Å². The van der Waals surface area contributed by atoms with Crippen LogP contribution in [0.3, 0.4) is 0 Å². The average Bonchev–Trinajstić information content (AvgIpc) is 2.93. The molecule has 5 heteroatoms. The number of aromatic nitrogens is 1. The van der Waals surface area contributed by atoms with Crippen molar-refractivity contribution in [2.24, 2.45) is 0 Å². The Kier molecular flexibility index (Phi) is 5.06. The first kappa shape index (κ1) is 14.8. The Morgan fingerprint density at radius 1 is 1.43 bits per heavy atom. The summed E-state index contributed by atoms with van der Waals surface area (Å²) < 4.78 is 17.6. The van der Waals surface area contributed by atoms with Crippen molar-refractivity contribution in [3.8, 4) is 5.75 Å². The SMILES string of the molecule is CCOCCN1CCO[C@H]2[C@H]1CC[C@H]2Oc1cccnc1. The highest BCUT2D eigenvalue weighted by atomic mass is 16.5. The number of morpholine rings is 1. The molecule has 116 valence electrons. The fourth-order valence-electron chi connectivity index (χ4n) is 3.31. The second-order valence-corrected chi connectivity index (χ2v) is 5.56. The van der Waals surface area contributed by atoms with Crippen molar-refractivity contribution in [2.75, 3.05) is 32.9 Å². The smallest absolute Gasteiger partial charge is 0.138 e. The molecule has 0 radical (unpaired) electrons. The molecule has 0 unspecified atom stereocenters. The van der Waals surface area contributed by atoms with Gasteiger partial charge in [-0.1, -0.05) is 0 Å². The van der Waals surface area contributed by atoms with Gasteiger partial charge in [-0.2, -0.15) is 0 Å². The lowest BCUT2D eigenvalue weighted by Crippen LogP contribution is -2.53. The number of ether oxygens (including phenoxy) is 3. The standard InChI is InChI=1S/C16H24N2O3/c1-2-19-10-8-18-9-11-20-16-14(18)5-6-15(16)21-13-4-3-7-17-12-13/h3-4,7,12,14-16H,2,5-6,8-11H2,1H3/t14-,15-,16+/m1/s1. The van der Waals surface area contributed by atoms with Crippen LogP contribution < -0.4 is 4.74 Å². The topological polar surface area (TPSA) is 43.8 Å². The number of fused-ring (bicyclic) bond motifs is 1. The molecule has 1 aliphatic heterocycles. The van der Waals surface area contributed by atoms with Gasteiger partial charge in [-0.25, -0.2) is 0 Å². The van der Waals surface area contributed by atoms with Crippen LogP contribution in [0.15, 0.2) is 24.5 Å². The molecule has 3 atom stereocenters. The third kappa shape index (κ3) is 3.54. The summed E-state index contributed by atoms with van der Waals surface area (Å²) >= 11 is 0. The van der Waals surface area contributed by atoms with Gasteiger partial charge in [-0.15, -0.1) is 0 Å². The van der Waals surface area contributed by atoms with E-state index in [9.17, 15) is 0 Å². The molecule has 1 saturated heterocycles. The van der Waals surface area contributed by atoms with Gasteiger partial charge in [-0.05, 0) is 31.9 Å². The average molecular weight is 292 g/mol. The van der Waals surface area contributed by atoms with Gasteiger partial charge in [0, 0.05) is 31.9 Å². The minimum absolute atomic E-state index is 0.133. The normalized spacial score (nSPS) is 29.3. The maximum Gasteiger partial charge on any atom is 0.138 e. The highest BCUT2D eigenvalue weighted by molar-refractivity contribution is 5.16. The van der Waals surface area contributed by atoms with Gasteiger partial charge in [0.1, 0.15) is 18.0 Å². The highest BCUT2D eigenvalue weighted by Gasteiger charge is 2.43. The maximum atomic E-state index is 6.07. The van der Waals surface area contributed by atoms with Gasteiger partial charge in [0.05, 0.1) is 19.4 Å². The van der Waals surface area contributed by atoms with Crippen LogP contribution in [0.1, 0.15) is 19.8 Å². The second kappa shape index (κ2) is 7.20. The third-order valence-electron chi connectivity index (χ3n) is 4.30. The molecule has 1 aromatic rings. The number of hydrogen-bond acceptors (Lipinski definition) is 5.